The molecule has 118 valence electrons. The van der Waals surface area contributed by atoms with Gasteiger partial charge in [-0.15, -0.1) is 0 Å². The standard InChI is InChI=1S/C15H22N6O/c1-10-13(11(2)19-18-10)9-14-17-15(20-21(14)7-8-22)12-3-5-16-6-4-12/h3-6,10-11,13,18-19,22H,7-9H2,1-2H3. The molecule has 0 bridgehead atoms. The molecule has 0 aliphatic carbocycles. The summed E-state index contributed by atoms with van der Waals surface area (Å²) in [7, 11) is 0. The number of aromatic nitrogens is 4. The van der Waals surface area contributed by atoms with Gasteiger partial charge in [0.25, 0.3) is 0 Å². The fourth-order valence-electron chi connectivity index (χ4n) is 2.90. The van der Waals surface area contributed by atoms with Gasteiger partial charge in [0, 0.05) is 36.5 Å². The molecule has 7 nitrogen and oxygen atoms in total. The van der Waals surface area contributed by atoms with Gasteiger partial charge in [0.05, 0.1) is 13.2 Å². The lowest BCUT2D eigenvalue weighted by Crippen LogP contribution is -2.30. The van der Waals surface area contributed by atoms with Crippen molar-refractivity contribution < 1.29 is 5.11 Å². The predicted molar refractivity (Wildman–Crippen MR) is 82.7 cm³/mol. The van der Waals surface area contributed by atoms with Gasteiger partial charge in [-0.05, 0) is 31.9 Å². The molecule has 3 heterocycles. The van der Waals surface area contributed by atoms with Crippen LogP contribution >= 0.6 is 0 Å². The van der Waals surface area contributed by atoms with Gasteiger partial charge < -0.3 is 5.11 Å². The van der Waals surface area contributed by atoms with E-state index in [9.17, 15) is 5.11 Å². The van der Waals surface area contributed by atoms with Crippen molar-refractivity contribution in [2.24, 2.45) is 5.92 Å². The Morgan fingerprint density at radius 2 is 1.86 bits per heavy atom. The van der Waals surface area contributed by atoms with Gasteiger partial charge in [-0.25, -0.2) is 9.67 Å². The molecular formula is C15H22N6O. The molecule has 1 fully saturated rings. The van der Waals surface area contributed by atoms with E-state index >= 15 is 0 Å². The van der Waals surface area contributed by atoms with E-state index in [1.165, 1.54) is 0 Å². The number of rotatable bonds is 5. The van der Waals surface area contributed by atoms with Crippen LogP contribution in [0.25, 0.3) is 11.4 Å². The summed E-state index contributed by atoms with van der Waals surface area (Å²) in [4.78, 5) is 8.71. The highest BCUT2D eigenvalue weighted by atomic mass is 16.3. The summed E-state index contributed by atoms with van der Waals surface area (Å²) in [6, 6.07) is 4.54. The molecule has 0 amide bonds. The lowest BCUT2D eigenvalue weighted by molar-refractivity contribution is 0.265. The first-order valence-electron chi connectivity index (χ1n) is 7.65. The summed E-state index contributed by atoms with van der Waals surface area (Å²) in [6.45, 7) is 4.84. The van der Waals surface area contributed by atoms with E-state index in [-0.39, 0.29) is 6.61 Å². The van der Waals surface area contributed by atoms with Crippen molar-refractivity contribution in [2.45, 2.75) is 38.9 Å². The Hall–Kier alpha value is -1.83. The molecule has 1 aliphatic heterocycles. The van der Waals surface area contributed by atoms with Crippen LogP contribution in [0.2, 0.25) is 0 Å². The summed E-state index contributed by atoms with van der Waals surface area (Å²) >= 11 is 0. The number of aliphatic hydroxyl groups excluding tert-OH is 1. The van der Waals surface area contributed by atoms with Crippen molar-refractivity contribution in [1.82, 2.24) is 30.6 Å². The number of pyridine rings is 1. The van der Waals surface area contributed by atoms with Gasteiger partial charge in [0.15, 0.2) is 5.82 Å². The van der Waals surface area contributed by atoms with Crippen LogP contribution in [0.5, 0.6) is 0 Å². The fourth-order valence-corrected chi connectivity index (χ4v) is 2.90. The highest BCUT2D eigenvalue weighted by molar-refractivity contribution is 5.53. The zero-order valence-corrected chi connectivity index (χ0v) is 12.9. The van der Waals surface area contributed by atoms with E-state index in [0.29, 0.717) is 30.4 Å². The maximum atomic E-state index is 9.27. The number of nitrogens with zero attached hydrogens (tertiary/aromatic N) is 4. The van der Waals surface area contributed by atoms with Crippen molar-refractivity contribution in [2.75, 3.05) is 6.61 Å². The molecule has 7 heteroatoms. The molecule has 1 saturated heterocycles. The van der Waals surface area contributed by atoms with Crippen LogP contribution in [0, 0.1) is 5.92 Å². The minimum Gasteiger partial charge on any atom is -0.394 e. The van der Waals surface area contributed by atoms with Crippen molar-refractivity contribution in [1.29, 1.82) is 0 Å². The maximum absolute atomic E-state index is 9.27. The molecule has 3 rings (SSSR count). The van der Waals surface area contributed by atoms with Crippen molar-refractivity contribution in [3.63, 3.8) is 0 Å². The molecule has 0 radical (unpaired) electrons. The van der Waals surface area contributed by atoms with Gasteiger partial charge >= 0.3 is 0 Å². The van der Waals surface area contributed by atoms with Gasteiger partial charge in [-0.2, -0.15) is 5.10 Å². The molecule has 2 aromatic heterocycles. The zero-order valence-electron chi connectivity index (χ0n) is 12.9. The number of hydrogen-bond acceptors (Lipinski definition) is 6. The first-order chi connectivity index (χ1) is 10.7. The second kappa shape index (κ2) is 6.51. The van der Waals surface area contributed by atoms with Crippen LogP contribution in [0.3, 0.4) is 0 Å². The largest absolute Gasteiger partial charge is 0.394 e. The number of hydrogen-bond donors (Lipinski definition) is 3. The Morgan fingerprint density at radius 1 is 1.18 bits per heavy atom. The van der Waals surface area contributed by atoms with Crippen molar-refractivity contribution in [3.8, 4) is 11.4 Å². The predicted octanol–water partition coefficient (Wildman–Crippen LogP) is 0.376. The number of nitrogens with one attached hydrogen (secondary N) is 2. The first kappa shape index (κ1) is 15.1. The average Bonchev–Trinajstić information content (AvgIpc) is 3.07. The summed E-state index contributed by atoms with van der Waals surface area (Å²) < 4.78 is 1.81. The van der Waals surface area contributed by atoms with Crippen molar-refractivity contribution >= 4 is 0 Å². The van der Waals surface area contributed by atoms with Crippen LogP contribution in [-0.4, -0.2) is 43.5 Å². The first-order valence-corrected chi connectivity index (χ1v) is 7.65. The average molecular weight is 302 g/mol. The van der Waals surface area contributed by atoms with Gasteiger partial charge in [-0.3, -0.25) is 15.8 Å². The normalized spacial score (nSPS) is 24.8. The van der Waals surface area contributed by atoms with Crippen LogP contribution in [0.4, 0.5) is 0 Å². The quantitative estimate of drug-likeness (QED) is 0.740. The van der Waals surface area contributed by atoms with E-state index in [0.717, 1.165) is 17.8 Å². The minimum atomic E-state index is 0.0540. The van der Waals surface area contributed by atoms with E-state index < -0.39 is 0 Å². The maximum Gasteiger partial charge on any atom is 0.181 e. The van der Waals surface area contributed by atoms with E-state index in [1.807, 2.05) is 16.8 Å². The number of hydrazine groups is 1. The van der Waals surface area contributed by atoms with E-state index in [2.05, 4.69) is 39.8 Å². The lowest BCUT2D eigenvalue weighted by Gasteiger charge is -2.17. The van der Waals surface area contributed by atoms with Gasteiger partial charge in [-0.1, -0.05) is 0 Å². The SMILES string of the molecule is CC1NNC(C)C1Cc1nc(-c2ccncc2)nn1CCO. The molecule has 0 saturated carbocycles. The Kier molecular flexibility index (Phi) is 4.47. The second-order valence-corrected chi connectivity index (χ2v) is 5.77. The topological polar surface area (TPSA) is 87.9 Å². The summed E-state index contributed by atoms with van der Waals surface area (Å²) in [6.07, 6.45) is 4.29. The van der Waals surface area contributed by atoms with E-state index in [1.54, 1.807) is 12.4 Å². The monoisotopic (exact) mass is 302 g/mol. The summed E-state index contributed by atoms with van der Waals surface area (Å²) in [5, 5.41) is 13.8. The third-order valence-corrected chi connectivity index (χ3v) is 4.24. The van der Waals surface area contributed by atoms with Gasteiger partial charge in [0.2, 0.25) is 0 Å². The van der Waals surface area contributed by atoms with Crippen LogP contribution in [0.1, 0.15) is 19.7 Å². The fraction of sp³-hybridized carbons (Fsp3) is 0.533. The lowest BCUT2D eigenvalue weighted by atomic mass is 9.93. The smallest absolute Gasteiger partial charge is 0.181 e. The van der Waals surface area contributed by atoms with E-state index in [4.69, 9.17) is 0 Å². The molecule has 2 atom stereocenters. The molecule has 2 aromatic rings. The zero-order chi connectivity index (χ0) is 15.5. The highest BCUT2D eigenvalue weighted by Crippen LogP contribution is 2.21. The van der Waals surface area contributed by atoms with Crippen LogP contribution < -0.4 is 10.9 Å². The van der Waals surface area contributed by atoms with Crippen LogP contribution in [0.15, 0.2) is 24.5 Å². The molecule has 3 N–H and O–H groups in total. The summed E-state index contributed by atoms with van der Waals surface area (Å²) in [5.41, 5.74) is 7.47. The number of aliphatic hydroxyl groups is 1. The molecule has 0 spiro atoms. The Morgan fingerprint density at radius 3 is 2.50 bits per heavy atom. The second-order valence-electron chi connectivity index (χ2n) is 5.77. The molecule has 22 heavy (non-hydrogen) atoms. The highest BCUT2D eigenvalue weighted by Gasteiger charge is 2.31. The Bertz CT molecular complexity index is 604. The molecule has 0 aromatic carbocycles. The summed E-state index contributed by atoms with van der Waals surface area (Å²) in [5.74, 6) is 2.03. The Labute approximate surface area is 129 Å². The molecular weight excluding hydrogens is 280 g/mol. The van der Waals surface area contributed by atoms with Crippen molar-refractivity contribution in [3.05, 3.63) is 30.4 Å². The molecule has 1 aliphatic rings. The third kappa shape index (κ3) is 3.01. The minimum absolute atomic E-state index is 0.0540. The molecule has 2 unspecified atom stereocenters. The third-order valence-electron chi connectivity index (χ3n) is 4.24. The Balaban J connectivity index is 1.87. The van der Waals surface area contributed by atoms with Crippen LogP contribution in [-0.2, 0) is 13.0 Å². The van der Waals surface area contributed by atoms with Gasteiger partial charge in [0.1, 0.15) is 5.82 Å².